The van der Waals surface area contributed by atoms with Crippen molar-refractivity contribution in [2.75, 3.05) is 6.61 Å². The first-order chi connectivity index (χ1) is 7.72. The SMILES string of the molecule is CC(N)Cc1ccc(OCCCC#N)cn1. The van der Waals surface area contributed by atoms with Gasteiger partial charge in [-0.15, -0.1) is 0 Å². The molecule has 4 nitrogen and oxygen atoms in total. The number of unbranched alkanes of at least 4 members (excludes halogenated alkanes) is 1. The Morgan fingerprint density at radius 2 is 2.38 bits per heavy atom. The average molecular weight is 219 g/mol. The van der Waals surface area contributed by atoms with Crippen LogP contribution in [-0.4, -0.2) is 17.6 Å². The van der Waals surface area contributed by atoms with E-state index in [-0.39, 0.29) is 6.04 Å². The summed E-state index contributed by atoms with van der Waals surface area (Å²) < 4.78 is 5.42. The first-order valence-electron chi connectivity index (χ1n) is 5.42. The third-order valence-corrected chi connectivity index (χ3v) is 2.03. The van der Waals surface area contributed by atoms with Gasteiger partial charge in [0.25, 0.3) is 0 Å². The molecule has 4 heteroatoms. The van der Waals surface area contributed by atoms with Crippen molar-refractivity contribution in [2.45, 2.75) is 32.2 Å². The minimum absolute atomic E-state index is 0.120. The van der Waals surface area contributed by atoms with Gasteiger partial charge in [-0.05, 0) is 25.5 Å². The van der Waals surface area contributed by atoms with Gasteiger partial charge >= 0.3 is 0 Å². The highest BCUT2D eigenvalue weighted by atomic mass is 16.5. The van der Waals surface area contributed by atoms with Gasteiger partial charge in [-0.25, -0.2) is 0 Å². The summed E-state index contributed by atoms with van der Waals surface area (Å²) in [6.07, 6.45) is 3.74. The third-order valence-electron chi connectivity index (χ3n) is 2.03. The molecule has 0 aromatic carbocycles. The number of hydrogen-bond acceptors (Lipinski definition) is 4. The summed E-state index contributed by atoms with van der Waals surface area (Å²) in [6, 6.07) is 6.00. The minimum Gasteiger partial charge on any atom is -0.492 e. The van der Waals surface area contributed by atoms with E-state index < -0.39 is 0 Å². The van der Waals surface area contributed by atoms with E-state index in [2.05, 4.69) is 11.1 Å². The van der Waals surface area contributed by atoms with Crippen LogP contribution in [0, 0.1) is 11.3 Å². The Kier molecular flexibility index (Phi) is 5.30. The van der Waals surface area contributed by atoms with Gasteiger partial charge in [0.1, 0.15) is 5.75 Å². The van der Waals surface area contributed by atoms with Crippen molar-refractivity contribution in [1.82, 2.24) is 4.98 Å². The number of ether oxygens (including phenoxy) is 1. The standard InChI is InChI=1S/C12H17N3O/c1-10(14)8-11-4-5-12(9-15-11)16-7-3-2-6-13/h4-5,9-10H,2-3,7-8,14H2,1H3. The number of nitriles is 1. The fourth-order valence-corrected chi connectivity index (χ4v) is 1.29. The molecule has 16 heavy (non-hydrogen) atoms. The molecular formula is C12H17N3O. The molecule has 0 spiro atoms. The topological polar surface area (TPSA) is 71.9 Å². The van der Waals surface area contributed by atoms with Crippen molar-refractivity contribution in [1.29, 1.82) is 5.26 Å². The van der Waals surface area contributed by atoms with E-state index in [1.54, 1.807) is 6.20 Å². The number of hydrogen-bond donors (Lipinski definition) is 1. The molecule has 0 aliphatic carbocycles. The number of rotatable bonds is 6. The van der Waals surface area contributed by atoms with Crippen LogP contribution in [0.1, 0.15) is 25.5 Å². The summed E-state index contributed by atoms with van der Waals surface area (Å²) in [4.78, 5) is 4.25. The molecule has 0 fully saturated rings. The highest BCUT2D eigenvalue weighted by Gasteiger charge is 2.00. The van der Waals surface area contributed by atoms with Crippen LogP contribution in [0.3, 0.4) is 0 Å². The maximum absolute atomic E-state index is 8.35. The van der Waals surface area contributed by atoms with Gasteiger partial charge in [0.05, 0.1) is 18.9 Å². The molecule has 1 heterocycles. The zero-order valence-corrected chi connectivity index (χ0v) is 9.52. The van der Waals surface area contributed by atoms with Gasteiger partial charge < -0.3 is 10.5 Å². The van der Waals surface area contributed by atoms with Crippen LogP contribution < -0.4 is 10.5 Å². The highest BCUT2D eigenvalue weighted by Crippen LogP contribution is 2.10. The molecule has 2 N–H and O–H groups in total. The average Bonchev–Trinajstić information content (AvgIpc) is 2.26. The zero-order chi connectivity index (χ0) is 11.8. The van der Waals surface area contributed by atoms with E-state index in [4.69, 9.17) is 15.7 Å². The smallest absolute Gasteiger partial charge is 0.137 e. The van der Waals surface area contributed by atoms with Gasteiger partial charge in [0.2, 0.25) is 0 Å². The lowest BCUT2D eigenvalue weighted by molar-refractivity contribution is 0.311. The van der Waals surface area contributed by atoms with Gasteiger partial charge in [-0.1, -0.05) is 0 Å². The van der Waals surface area contributed by atoms with Crippen LogP contribution in [0.4, 0.5) is 0 Å². The third kappa shape index (κ3) is 4.76. The van der Waals surface area contributed by atoms with Gasteiger partial charge in [-0.3, -0.25) is 4.98 Å². The molecular weight excluding hydrogens is 202 g/mol. The lowest BCUT2D eigenvalue weighted by Gasteiger charge is -2.07. The monoisotopic (exact) mass is 219 g/mol. The lowest BCUT2D eigenvalue weighted by atomic mass is 10.2. The van der Waals surface area contributed by atoms with Crippen LogP contribution in [0.25, 0.3) is 0 Å². The Labute approximate surface area is 96.1 Å². The molecule has 0 amide bonds. The normalized spacial score (nSPS) is 11.8. The second-order valence-electron chi connectivity index (χ2n) is 3.78. The molecule has 0 saturated heterocycles. The lowest BCUT2D eigenvalue weighted by Crippen LogP contribution is -2.18. The molecule has 0 aliphatic rings. The molecule has 1 aromatic rings. The Hall–Kier alpha value is -1.60. The number of nitrogens with zero attached hydrogens (tertiary/aromatic N) is 2. The van der Waals surface area contributed by atoms with Crippen LogP contribution >= 0.6 is 0 Å². The maximum Gasteiger partial charge on any atom is 0.137 e. The predicted octanol–water partition coefficient (Wildman–Crippen LogP) is 1.65. The largest absolute Gasteiger partial charge is 0.492 e. The van der Waals surface area contributed by atoms with Crippen molar-refractivity contribution in [2.24, 2.45) is 5.73 Å². The quantitative estimate of drug-likeness (QED) is 0.738. The fraction of sp³-hybridized carbons (Fsp3) is 0.500. The van der Waals surface area contributed by atoms with E-state index in [1.165, 1.54) is 0 Å². The number of nitrogens with two attached hydrogens (primary N) is 1. The Morgan fingerprint density at radius 1 is 1.56 bits per heavy atom. The first-order valence-corrected chi connectivity index (χ1v) is 5.42. The molecule has 1 rings (SSSR count). The highest BCUT2D eigenvalue weighted by molar-refractivity contribution is 5.20. The van der Waals surface area contributed by atoms with E-state index in [1.807, 2.05) is 19.1 Å². The van der Waals surface area contributed by atoms with Gasteiger partial charge in [0.15, 0.2) is 0 Å². The Balaban J connectivity index is 2.37. The number of pyridine rings is 1. The molecule has 0 radical (unpaired) electrons. The Morgan fingerprint density at radius 3 is 2.94 bits per heavy atom. The summed E-state index contributed by atoms with van der Waals surface area (Å²) >= 11 is 0. The minimum atomic E-state index is 0.120. The summed E-state index contributed by atoms with van der Waals surface area (Å²) in [5, 5.41) is 8.35. The molecule has 0 saturated carbocycles. The maximum atomic E-state index is 8.35. The Bertz CT molecular complexity index is 340. The van der Waals surface area contributed by atoms with E-state index in [0.29, 0.717) is 13.0 Å². The van der Waals surface area contributed by atoms with Crippen molar-refractivity contribution in [3.05, 3.63) is 24.0 Å². The number of aromatic nitrogens is 1. The molecule has 1 unspecified atom stereocenters. The summed E-state index contributed by atoms with van der Waals surface area (Å²) in [5.41, 5.74) is 6.65. The van der Waals surface area contributed by atoms with Crippen LogP contribution in [-0.2, 0) is 6.42 Å². The van der Waals surface area contributed by atoms with Crippen molar-refractivity contribution < 1.29 is 4.74 Å². The molecule has 0 aliphatic heterocycles. The zero-order valence-electron chi connectivity index (χ0n) is 9.52. The summed E-state index contributed by atoms with van der Waals surface area (Å²) in [7, 11) is 0. The molecule has 86 valence electrons. The van der Waals surface area contributed by atoms with E-state index in [9.17, 15) is 0 Å². The van der Waals surface area contributed by atoms with Crippen LogP contribution in [0.5, 0.6) is 5.75 Å². The van der Waals surface area contributed by atoms with E-state index in [0.717, 1.165) is 24.3 Å². The first kappa shape index (κ1) is 12.5. The van der Waals surface area contributed by atoms with Crippen LogP contribution in [0.2, 0.25) is 0 Å². The molecule has 0 bridgehead atoms. The van der Waals surface area contributed by atoms with Crippen molar-refractivity contribution in [3.63, 3.8) is 0 Å². The van der Waals surface area contributed by atoms with E-state index >= 15 is 0 Å². The second kappa shape index (κ2) is 6.81. The fourth-order valence-electron chi connectivity index (χ4n) is 1.29. The van der Waals surface area contributed by atoms with Crippen molar-refractivity contribution in [3.8, 4) is 11.8 Å². The predicted molar refractivity (Wildman–Crippen MR) is 61.9 cm³/mol. The van der Waals surface area contributed by atoms with Crippen molar-refractivity contribution >= 4 is 0 Å². The second-order valence-corrected chi connectivity index (χ2v) is 3.78. The molecule has 1 atom stereocenters. The van der Waals surface area contributed by atoms with Gasteiger partial charge in [0, 0.05) is 24.6 Å². The molecule has 1 aromatic heterocycles. The summed E-state index contributed by atoms with van der Waals surface area (Å²) in [6.45, 7) is 2.51. The summed E-state index contributed by atoms with van der Waals surface area (Å²) in [5.74, 6) is 0.742. The van der Waals surface area contributed by atoms with Gasteiger partial charge in [-0.2, -0.15) is 5.26 Å². The van der Waals surface area contributed by atoms with Crippen LogP contribution in [0.15, 0.2) is 18.3 Å².